The predicted octanol–water partition coefficient (Wildman–Crippen LogP) is 4.04. The molecule has 5 heteroatoms. The summed E-state index contributed by atoms with van der Waals surface area (Å²) >= 11 is 0. The second-order valence-corrected chi connectivity index (χ2v) is 6.63. The van der Waals surface area contributed by atoms with Crippen LogP contribution in [0, 0.1) is 0 Å². The fraction of sp³-hybridized carbons (Fsp3) is 0.286. The quantitative estimate of drug-likeness (QED) is 0.699. The molecule has 3 rings (SSSR count). The molecule has 0 aliphatic carbocycles. The number of aromatic nitrogens is 3. The highest BCUT2D eigenvalue weighted by molar-refractivity contribution is 5.64. The summed E-state index contributed by atoms with van der Waals surface area (Å²) in [5.74, 6) is 1.57. The molecule has 0 unspecified atom stereocenters. The lowest BCUT2D eigenvalue weighted by Crippen LogP contribution is -2.23. The Balaban J connectivity index is 1.84. The van der Waals surface area contributed by atoms with Gasteiger partial charge in [-0.25, -0.2) is 4.98 Å². The number of nitrogens with one attached hydrogen (secondary N) is 1. The average molecular weight is 347 g/mol. The maximum absolute atomic E-state index is 4.79. The minimum absolute atomic E-state index is 0.309. The SMILES string of the molecule is CC(C)Nc1cc(-c2ccccc2)nc(N(C)CCc2ccncc2)n1. The van der Waals surface area contributed by atoms with Gasteiger partial charge in [0.05, 0.1) is 5.69 Å². The molecule has 0 radical (unpaired) electrons. The van der Waals surface area contributed by atoms with E-state index in [2.05, 4.69) is 41.2 Å². The van der Waals surface area contributed by atoms with E-state index in [1.807, 2.05) is 55.8 Å². The van der Waals surface area contributed by atoms with Crippen molar-refractivity contribution in [2.75, 3.05) is 23.8 Å². The van der Waals surface area contributed by atoms with Crippen molar-refractivity contribution in [3.8, 4) is 11.3 Å². The molecule has 134 valence electrons. The Morgan fingerprint density at radius 3 is 2.42 bits per heavy atom. The van der Waals surface area contributed by atoms with E-state index >= 15 is 0 Å². The number of anilines is 2. The average Bonchev–Trinajstić information content (AvgIpc) is 2.67. The lowest BCUT2D eigenvalue weighted by atomic mass is 10.1. The van der Waals surface area contributed by atoms with Crippen LogP contribution in [-0.2, 0) is 6.42 Å². The van der Waals surface area contributed by atoms with Gasteiger partial charge in [-0.05, 0) is 38.0 Å². The van der Waals surface area contributed by atoms with Crippen LogP contribution in [0.2, 0.25) is 0 Å². The Kier molecular flexibility index (Phi) is 5.79. The van der Waals surface area contributed by atoms with Gasteiger partial charge in [-0.3, -0.25) is 4.98 Å². The third kappa shape index (κ3) is 4.79. The molecule has 0 fully saturated rings. The number of pyridine rings is 1. The minimum atomic E-state index is 0.309. The standard InChI is InChI=1S/C21H25N5/c1-16(2)23-20-15-19(18-7-5-4-6-8-18)24-21(25-20)26(3)14-11-17-9-12-22-13-10-17/h4-10,12-13,15-16H,11,14H2,1-3H3,(H,23,24,25). The van der Waals surface area contributed by atoms with Crippen LogP contribution in [0.5, 0.6) is 0 Å². The second kappa shape index (κ2) is 8.43. The van der Waals surface area contributed by atoms with E-state index in [0.29, 0.717) is 6.04 Å². The summed E-state index contributed by atoms with van der Waals surface area (Å²) < 4.78 is 0. The molecule has 0 aliphatic heterocycles. The summed E-state index contributed by atoms with van der Waals surface area (Å²) in [6.07, 6.45) is 4.57. The zero-order valence-electron chi connectivity index (χ0n) is 15.6. The van der Waals surface area contributed by atoms with Crippen molar-refractivity contribution in [1.29, 1.82) is 0 Å². The third-order valence-corrected chi connectivity index (χ3v) is 4.05. The van der Waals surface area contributed by atoms with Crippen LogP contribution in [-0.4, -0.2) is 34.6 Å². The molecule has 0 spiro atoms. The van der Waals surface area contributed by atoms with Crippen molar-refractivity contribution in [1.82, 2.24) is 15.0 Å². The summed E-state index contributed by atoms with van der Waals surface area (Å²) in [6, 6.07) is 16.6. The molecule has 0 atom stereocenters. The Hall–Kier alpha value is -2.95. The van der Waals surface area contributed by atoms with Gasteiger partial charge in [0, 0.05) is 43.7 Å². The Labute approximate surface area is 155 Å². The van der Waals surface area contributed by atoms with Crippen LogP contribution in [0.15, 0.2) is 60.9 Å². The first-order valence-corrected chi connectivity index (χ1v) is 8.93. The molecular weight excluding hydrogens is 322 g/mol. The first-order valence-electron chi connectivity index (χ1n) is 8.93. The molecular formula is C21H25N5. The summed E-state index contributed by atoms with van der Waals surface area (Å²) in [5, 5.41) is 3.40. The molecule has 2 aromatic heterocycles. The molecule has 5 nitrogen and oxygen atoms in total. The van der Waals surface area contributed by atoms with Gasteiger partial charge in [0.15, 0.2) is 0 Å². The number of benzene rings is 1. The lowest BCUT2D eigenvalue weighted by Gasteiger charge is -2.20. The van der Waals surface area contributed by atoms with Crippen LogP contribution in [0.3, 0.4) is 0 Å². The molecule has 26 heavy (non-hydrogen) atoms. The lowest BCUT2D eigenvalue weighted by molar-refractivity contribution is 0.830. The van der Waals surface area contributed by atoms with Crippen LogP contribution in [0.25, 0.3) is 11.3 Å². The molecule has 2 heterocycles. The van der Waals surface area contributed by atoms with Gasteiger partial charge in [-0.1, -0.05) is 30.3 Å². The molecule has 3 aromatic rings. The molecule has 0 aliphatic rings. The Bertz CT molecular complexity index is 818. The van der Waals surface area contributed by atoms with E-state index < -0.39 is 0 Å². The van der Waals surface area contributed by atoms with Crippen molar-refractivity contribution in [2.45, 2.75) is 26.3 Å². The van der Waals surface area contributed by atoms with Crippen LogP contribution in [0.1, 0.15) is 19.4 Å². The number of nitrogens with zero attached hydrogens (tertiary/aromatic N) is 4. The summed E-state index contributed by atoms with van der Waals surface area (Å²) in [5.41, 5.74) is 3.27. The number of hydrogen-bond acceptors (Lipinski definition) is 5. The van der Waals surface area contributed by atoms with Crippen molar-refractivity contribution in [3.63, 3.8) is 0 Å². The van der Waals surface area contributed by atoms with Crippen LogP contribution in [0.4, 0.5) is 11.8 Å². The molecule has 0 bridgehead atoms. The van der Waals surface area contributed by atoms with Gasteiger partial charge in [-0.2, -0.15) is 4.98 Å². The van der Waals surface area contributed by atoms with Gasteiger partial charge >= 0.3 is 0 Å². The first-order chi connectivity index (χ1) is 12.6. The van der Waals surface area contributed by atoms with E-state index in [1.165, 1.54) is 5.56 Å². The number of hydrogen-bond donors (Lipinski definition) is 1. The minimum Gasteiger partial charge on any atom is -0.368 e. The predicted molar refractivity (Wildman–Crippen MR) is 107 cm³/mol. The van der Waals surface area contributed by atoms with Crippen molar-refractivity contribution in [3.05, 3.63) is 66.5 Å². The van der Waals surface area contributed by atoms with Gasteiger partial charge in [-0.15, -0.1) is 0 Å². The number of rotatable bonds is 7. The van der Waals surface area contributed by atoms with E-state index in [9.17, 15) is 0 Å². The molecule has 0 amide bonds. The fourth-order valence-electron chi connectivity index (χ4n) is 2.68. The van der Waals surface area contributed by atoms with Crippen molar-refractivity contribution >= 4 is 11.8 Å². The summed E-state index contributed by atoms with van der Waals surface area (Å²) in [6.45, 7) is 5.05. The zero-order chi connectivity index (χ0) is 18.4. The topological polar surface area (TPSA) is 53.9 Å². The summed E-state index contributed by atoms with van der Waals surface area (Å²) in [7, 11) is 2.03. The first kappa shape index (κ1) is 17.9. The zero-order valence-corrected chi connectivity index (χ0v) is 15.6. The molecule has 1 aromatic carbocycles. The maximum atomic E-state index is 4.79. The molecule has 0 saturated carbocycles. The fourth-order valence-corrected chi connectivity index (χ4v) is 2.68. The highest BCUT2D eigenvalue weighted by Gasteiger charge is 2.11. The highest BCUT2D eigenvalue weighted by Crippen LogP contribution is 2.23. The van der Waals surface area contributed by atoms with Crippen LogP contribution >= 0.6 is 0 Å². The maximum Gasteiger partial charge on any atom is 0.227 e. The Morgan fingerprint density at radius 1 is 1.00 bits per heavy atom. The van der Waals surface area contributed by atoms with Crippen molar-refractivity contribution in [2.24, 2.45) is 0 Å². The highest BCUT2D eigenvalue weighted by atomic mass is 15.2. The van der Waals surface area contributed by atoms with Gasteiger partial charge in [0.1, 0.15) is 5.82 Å². The molecule has 1 N–H and O–H groups in total. The Morgan fingerprint density at radius 2 is 1.73 bits per heavy atom. The smallest absolute Gasteiger partial charge is 0.227 e. The van der Waals surface area contributed by atoms with E-state index in [-0.39, 0.29) is 0 Å². The van der Waals surface area contributed by atoms with Gasteiger partial charge < -0.3 is 10.2 Å². The third-order valence-electron chi connectivity index (χ3n) is 4.05. The van der Waals surface area contributed by atoms with E-state index in [0.717, 1.165) is 36.0 Å². The van der Waals surface area contributed by atoms with Gasteiger partial charge in [0.2, 0.25) is 5.95 Å². The van der Waals surface area contributed by atoms with E-state index in [4.69, 9.17) is 9.97 Å². The second-order valence-electron chi connectivity index (χ2n) is 6.63. The van der Waals surface area contributed by atoms with E-state index in [1.54, 1.807) is 0 Å². The van der Waals surface area contributed by atoms with Crippen molar-refractivity contribution < 1.29 is 0 Å². The molecule has 0 saturated heterocycles. The number of likely N-dealkylation sites (N-methyl/N-ethyl adjacent to an activating group) is 1. The normalized spacial score (nSPS) is 10.8. The monoisotopic (exact) mass is 347 g/mol. The largest absolute Gasteiger partial charge is 0.368 e. The van der Waals surface area contributed by atoms with Crippen LogP contribution < -0.4 is 10.2 Å². The van der Waals surface area contributed by atoms with Gasteiger partial charge in [0.25, 0.3) is 0 Å². The summed E-state index contributed by atoms with van der Waals surface area (Å²) in [4.78, 5) is 15.7.